The predicted octanol–water partition coefficient (Wildman–Crippen LogP) is 3.37. The van der Waals surface area contributed by atoms with Crippen molar-refractivity contribution in [3.63, 3.8) is 0 Å². The van der Waals surface area contributed by atoms with E-state index in [1.54, 1.807) is 30.5 Å². The summed E-state index contributed by atoms with van der Waals surface area (Å²) in [5, 5.41) is 2.82. The fourth-order valence-electron chi connectivity index (χ4n) is 1.71. The van der Waals surface area contributed by atoms with Crippen molar-refractivity contribution in [2.45, 2.75) is 13.0 Å². The van der Waals surface area contributed by atoms with Crippen LogP contribution in [0.4, 0.5) is 4.39 Å². The summed E-state index contributed by atoms with van der Waals surface area (Å²) in [6.07, 6.45) is 1.67. The predicted molar refractivity (Wildman–Crippen MR) is 73.9 cm³/mol. The maximum absolute atomic E-state index is 12.8. The summed E-state index contributed by atoms with van der Waals surface area (Å²) < 4.78 is 13.2. The zero-order chi connectivity index (χ0) is 13.8. The standard InChI is InChI=1S/C14H13FN2OS/c1-9(10-4-6-11(15)7-5-10)17-13(18)12-3-2-8-16-14(12)19/h2-9H,1H3,(H,16,19)(H,17,18)/t9-/m1/s1. The average molecular weight is 276 g/mol. The number of aromatic amines is 1. The first kappa shape index (κ1) is 13.4. The number of nitrogens with one attached hydrogen (secondary N) is 2. The lowest BCUT2D eigenvalue weighted by Crippen LogP contribution is -2.27. The molecule has 1 heterocycles. The summed E-state index contributed by atoms with van der Waals surface area (Å²) in [7, 11) is 0. The second-order valence-corrected chi connectivity index (χ2v) is 4.57. The molecule has 0 saturated carbocycles. The maximum Gasteiger partial charge on any atom is 0.254 e. The second-order valence-electron chi connectivity index (χ2n) is 4.16. The average Bonchev–Trinajstić information content (AvgIpc) is 2.39. The first-order chi connectivity index (χ1) is 9.08. The first-order valence-corrected chi connectivity index (χ1v) is 6.23. The lowest BCUT2D eigenvalue weighted by atomic mass is 10.1. The zero-order valence-electron chi connectivity index (χ0n) is 10.3. The highest BCUT2D eigenvalue weighted by Crippen LogP contribution is 2.13. The Morgan fingerprint density at radius 2 is 2.00 bits per heavy atom. The summed E-state index contributed by atoms with van der Waals surface area (Å²) in [5.41, 5.74) is 1.26. The summed E-state index contributed by atoms with van der Waals surface area (Å²) in [5.74, 6) is -0.550. The number of amides is 1. The molecule has 1 atom stereocenters. The molecule has 1 aromatic carbocycles. The smallest absolute Gasteiger partial charge is 0.254 e. The Morgan fingerprint density at radius 1 is 1.32 bits per heavy atom. The normalized spacial score (nSPS) is 11.9. The van der Waals surface area contributed by atoms with Crippen LogP contribution in [0.2, 0.25) is 0 Å². The molecule has 2 aromatic rings. The number of hydrogen-bond acceptors (Lipinski definition) is 2. The Morgan fingerprint density at radius 3 is 2.63 bits per heavy atom. The van der Waals surface area contributed by atoms with Gasteiger partial charge in [0.15, 0.2) is 0 Å². The van der Waals surface area contributed by atoms with Crippen LogP contribution in [-0.4, -0.2) is 10.9 Å². The van der Waals surface area contributed by atoms with Crippen LogP contribution in [0.3, 0.4) is 0 Å². The molecular weight excluding hydrogens is 263 g/mol. The van der Waals surface area contributed by atoms with Gasteiger partial charge in [0.2, 0.25) is 0 Å². The van der Waals surface area contributed by atoms with E-state index in [0.29, 0.717) is 10.2 Å². The SMILES string of the molecule is C[C@@H](NC(=O)c1ccc[nH]c1=S)c1ccc(F)cc1. The number of benzene rings is 1. The van der Waals surface area contributed by atoms with Gasteiger partial charge in [0.1, 0.15) is 10.5 Å². The molecule has 1 aromatic heterocycles. The number of rotatable bonds is 3. The van der Waals surface area contributed by atoms with Crippen LogP contribution in [0.15, 0.2) is 42.6 Å². The minimum Gasteiger partial charge on any atom is -0.352 e. The fraction of sp³-hybridized carbons (Fsp3) is 0.143. The van der Waals surface area contributed by atoms with Crippen LogP contribution in [-0.2, 0) is 0 Å². The number of hydrogen-bond donors (Lipinski definition) is 2. The van der Waals surface area contributed by atoms with Crippen LogP contribution < -0.4 is 5.32 Å². The summed E-state index contributed by atoms with van der Waals surface area (Å²) in [4.78, 5) is 14.8. The van der Waals surface area contributed by atoms with Gasteiger partial charge in [-0.1, -0.05) is 24.4 Å². The van der Waals surface area contributed by atoms with E-state index < -0.39 is 0 Å². The topological polar surface area (TPSA) is 44.9 Å². The van der Waals surface area contributed by atoms with Crippen molar-refractivity contribution in [3.05, 3.63) is 64.2 Å². The van der Waals surface area contributed by atoms with E-state index in [-0.39, 0.29) is 17.8 Å². The van der Waals surface area contributed by atoms with Gasteiger partial charge >= 0.3 is 0 Å². The molecule has 0 aliphatic rings. The third-order valence-corrected chi connectivity index (χ3v) is 3.12. The molecule has 0 aliphatic carbocycles. The van der Waals surface area contributed by atoms with Crippen LogP contribution in [0.1, 0.15) is 28.9 Å². The molecule has 0 radical (unpaired) electrons. The Hall–Kier alpha value is -2.01. The highest BCUT2D eigenvalue weighted by atomic mass is 32.1. The Bertz CT molecular complexity index is 636. The van der Waals surface area contributed by atoms with Crippen molar-refractivity contribution in [1.29, 1.82) is 0 Å². The molecule has 1 amide bonds. The van der Waals surface area contributed by atoms with E-state index >= 15 is 0 Å². The maximum atomic E-state index is 12.8. The monoisotopic (exact) mass is 276 g/mol. The molecule has 3 nitrogen and oxygen atoms in total. The van der Waals surface area contributed by atoms with Crippen molar-refractivity contribution >= 4 is 18.1 Å². The lowest BCUT2D eigenvalue weighted by Gasteiger charge is -2.14. The molecule has 98 valence electrons. The van der Waals surface area contributed by atoms with E-state index in [0.717, 1.165) is 5.56 Å². The zero-order valence-corrected chi connectivity index (χ0v) is 11.1. The highest BCUT2D eigenvalue weighted by molar-refractivity contribution is 7.71. The van der Waals surface area contributed by atoms with Gasteiger partial charge in [-0.05, 0) is 36.8 Å². The Kier molecular flexibility index (Phi) is 4.06. The van der Waals surface area contributed by atoms with Crippen LogP contribution >= 0.6 is 12.2 Å². The molecule has 0 spiro atoms. The van der Waals surface area contributed by atoms with Crippen molar-refractivity contribution in [3.8, 4) is 0 Å². The Balaban J connectivity index is 2.13. The van der Waals surface area contributed by atoms with Crippen LogP contribution in [0.25, 0.3) is 0 Å². The quantitative estimate of drug-likeness (QED) is 0.844. The van der Waals surface area contributed by atoms with Crippen molar-refractivity contribution in [1.82, 2.24) is 10.3 Å². The summed E-state index contributed by atoms with van der Waals surface area (Å²) in [6.45, 7) is 1.83. The number of carbonyl (C=O) groups excluding carboxylic acids is 1. The first-order valence-electron chi connectivity index (χ1n) is 5.82. The van der Waals surface area contributed by atoms with E-state index in [1.165, 1.54) is 12.1 Å². The number of halogens is 1. The van der Waals surface area contributed by atoms with E-state index in [2.05, 4.69) is 10.3 Å². The molecule has 2 rings (SSSR count). The van der Waals surface area contributed by atoms with Gasteiger partial charge < -0.3 is 10.3 Å². The fourth-order valence-corrected chi connectivity index (χ4v) is 1.94. The van der Waals surface area contributed by atoms with Gasteiger partial charge in [0.25, 0.3) is 5.91 Å². The molecule has 0 saturated heterocycles. The van der Waals surface area contributed by atoms with Crippen molar-refractivity contribution < 1.29 is 9.18 Å². The number of aromatic nitrogens is 1. The number of H-pyrrole nitrogens is 1. The molecule has 0 fully saturated rings. The van der Waals surface area contributed by atoms with E-state index in [1.807, 2.05) is 6.92 Å². The van der Waals surface area contributed by atoms with Crippen LogP contribution in [0.5, 0.6) is 0 Å². The van der Waals surface area contributed by atoms with Gasteiger partial charge in [0.05, 0.1) is 11.6 Å². The van der Waals surface area contributed by atoms with Gasteiger partial charge in [-0.2, -0.15) is 0 Å². The highest BCUT2D eigenvalue weighted by Gasteiger charge is 2.12. The van der Waals surface area contributed by atoms with E-state index in [4.69, 9.17) is 12.2 Å². The third-order valence-electron chi connectivity index (χ3n) is 2.78. The Labute approximate surface area is 115 Å². The molecule has 0 aliphatic heterocycles. The number of carbonyl (C=O) groups is 1. The van der Waals surface area contributed by atoms with E-state index in [9.17, 15) is 9.18 Å². The number of pyridine rings is 1. The molecule has 5 heteroatoms. The summed E-state index contributed by atoms with van der Waals surface area (Å²) >= 11 is 5.05. The summed E-state index contributed by atoms with van der Waals surface area (Å²) in [6, 6.07) is 9.18. The molecule has 19 heavy (non-hydrogen) atoms. The second kappa shape index (κ2) is 5.75. The molecule has 2 N–H and O–H groups in total. The third kappa shape index (κ3) is 3.26. The van der Waals surface area contributed by atoms with Crippen LogP contribution in [0, 0.1) is 10.5 Å². The van der Waals surface area contributed by atoms with Crippen molar-refractivity contribution in [2.24, 2.45) is 0 Å². The lowest BCUT2D eigenvalue weighted by molar-refractivity contribution is 0.0939. The molecular formula is C14H13FN2OS. The van der Waals surface area contributed by atoms with Crippen molar-refractivity contribution in [2.75, 3.05) is 0 Å². The largest absolute Gasteiger partial charge is 0.352 e. The van der Waals surface area contributed by atoms with Gasteiger partial charge in [-0.15, -0.1) is 0 Å². The minimum absolute atomic E-state index is 0.220. The molecule has 0 bridgehead atoms. The van der Waals surface area contributed by atoms with Gasteiger partial charge in [-0.25, -0.2) is 4.39 Å². The minimum atomic E-state index is -0.298. The molecule has 0 unspecified atom stereocenters. The van der Waals surface area contributed by atoms with Gasteiger partial charge in [0, 0.05) is 6.20 Å². The van der Waals surface area contributed by atoms with Gasteiger partial charge in [-0.3, -0.25) is 4.79 Å².